The van der Waals surface area contributed by atoms with E-state index in [-0.39, 0.29) is 0 Å². The number of anilines is 1. The van der Waals surface area contributed by atoms with Crippen molar-refractivity contribution in [2.24, 2.45) is 0 Å². The Morgan fingerprint density at radius 3 is 2.89 bits per heavy atom. The van der Waals surface area contributed by atoms with Crippen LogP contribution in [0.3, 0.4) is 0 Å². The van der Waals surface area contributed by atoms with Crippen LogP contribution in [-0.2, 0) is 12.6 Å². The normalized spacial score (nSPS) is 23.5. The van der Waals surface area contributed by atoms with Gasteiger partial charge in [-0.25, -0.2) is 0 Å². The lowest BCUT2D eigenvalue weighted by Gasteiger charge is -2.25. The first-order valence-electron chi connectivity index (χ1n) is 6.23. The Morgan fingerprint density at radius 1 is 1.28 bits per heavy atom. The molecular weight excluding hydrogens is 241 g/mol. The minimum Gasteiger partial charge on any atom is -0.367 e. The molecule has 0 amide bonds. The van der Waals surface area contributed by atoms with Crippen LogP contribution in [0.5, 0.6) is 0 Å². The molecule has 2 heterocycles. The van der Waals surface area contributed by atoms with Crippen molar-refractivity contribution in [3.05, 3.63) is 29.3 Å². The third-order valence-electron chi connectivity index (χ3n) is 3.75. The van der Waals surface area contributed by atoms with Crippen LogP contribution in [0.25, 0.3) is 0 Å². The molecule has 1 aromatic carbocycles. The maximum absolute atomic E-state index is 12.7. The maximum Gasteiger partial charge on any atom is 0.416 e. The van der Waals surface area contributed by atoms with Gasteiger partial charge in [-0.3, -0.25) is 0 Å². The highest BCUT2D eigenvalue weighted by Crippen LogP contribution is 2.38. The molecule has 2 aliphatic rings. The van der Waals surface area contributed by atoms with Gasteiger partial charge in [-0.05, 0) is 37.1 Å². The van der Waals surface area contributed by atoms with E-state index >= 15 is 0 Å². The van der Waals surface area contributed by atoms with E-state index < -0.39 is 11.7 Å². The lowest BCUT2D eigenvalue weighted by atomic mass is 10.1. The number of rotatable bonds is 0. The molecule has 1 N–H and O–H groups in total. The van der Waals surface area contributed by atoms with E-state index in [9.17, 15) is 13.2 Å². The molecule has 2 aliphatic heterocycles. The molecule has 0 radical (unpaired) electrons. The molecule has 1 atom stereocenters. The van der Waals surface area contributed by atoms with Gasteiger partial charge in [-0.15, -0.1) is 0 Å². The number of halogens is 3. The van der Waals surface area contributed by atoms with Crippen molar-refractivity contribution in [3.8, 4) is 0 Å². The van der Waals surface area contributed by atoms with Crippen LogP contribution in [0.1, 0.15) is 17.5 Å². The van der Waals surface area contributed by atoms with E-state index in [0.717, 1.165) is 43.7 Å². The molecule has 5 heteroatoms. The molecular formula is C13H15F3N2. The number of benzene rings is 1. The fraction of sp³-hybridized carbons (Fsp3) is 0.538. The average Bonchev–Trinajstić information content (AvgIpc) is 2.50. The minimum atomic E-state index is -4.25. The third-order valence-corrected chi connectivity index (χ3v) is 3.75. The smallest absolute Gasteiger partial charge is 0.367 e. The molecule has 0 bridgehead atoms. The zero-order valence-corrected chi connectivity index (χ0v) is 9.93. The van der Waals surface area contributed by atoms with E-state index in [1.54, 1.807) is 6.07 Å². The van der Waals surface area contributed by atoms with Crippen molar-refractivity contribution < 1.29 is 13.2 Å². The summed E-state index contributed by atoms with van der Waals surface area (Å²) in [4.78, 5) is 2.13. The van der Waals surface area contributed by atoms with Crippen molar-refractivity contribution in [1.29, 1.82) is 0 Å². The molecule has 98 valence electrons. The Morgan fingerprint density at radius 2 is 2.11 bits per heavy atom. The summed E-state index contributed by atoms with van der Waals surface area (Å²) in [7, 11) is 0. The Hall–Kier alpha value is -1.23. The van der Waals surface area contributed by atoms with E-state index in [1.165, 1.54) is 12.1 Å². The number of nitrogens with one attached hydrogen (secondary N) is 1. The molecule has 1 fully saturated rings. The molecule has 18 heavy (non-hydrogen) atoms. The third kappa shape index (κ3) is 1.96. The van der Waals surface area contributed by atoms with Gasteiger partial charge in [0.2, 0.25) is 0 Å². The summed E-state index contributed by atoms with van der Waals surface area (Å²) >= 11 is 0. The second-order valence-corrected chi connectivity index (χ2v) is 4.95. The SMILES string of the molecule is FC(F)(F)c1ccc2c(c1)N1CCCNCC1C2. The van der Waals surface area contributed by atoms with Crippen molar-refractivity contribution >= 4 is 5.69 Å². The van der Waals surface area contributed by atoms with Gasteiger partial charge in [0.05, 0.1) is 5.56 Å². The Bertz CT molecular complexity index is 456. The summed E-state index contributed by atoms with van der Waals surface area (Å²) in [6.07, 6.45) is -2.43. The Balaban J connectivity index is 1.97. The van der Waals surface area contributed by atoms with Crippen LogP contribution in [0.4, 0.5) is 18.9 Å². The lowest BCUT2D eigenvalue weighted by molar-refractivity contribution is -0.137. The van der Waals surface area contributed by atoms with Gasteiger partial charge in [0.15, 0.2) is 0 Å². The second kappa shape index (κ2) is 4.16. The van der Waals surface area contributed by atoms with Gasteiger partial charge >= 0.3 is 6.18 Å². The van der Waals surface area contributed by atoms with Crippen LogP contribution in [0.15, 0.2) is 18.2 Å². The summed E-state index contributed by atoms with van der Waals surface area (Å²) in [6.45, 7) is 2.64. The fourth-order valence-electron chi connectivity index (χ4n) is 2.87. The van der Waals surface area contributed by atoms with Crippen LogP contribution < -0.4 is 10.2 Å². The molecule has 0 aliphatic carbocycles. The predicted molar refractivity (Wildman–Crippen MR) is 63.8 cm³/mol. The van der Waals surface area contributed by atoms with Gasteiger partial charge in [-0.2, -0.15) is 13.2 Å². The Kier molecular flexibility index (Phi) is 2.73. The summed E-state index contributed by atoms with van der Waals surface area (Å²) in [5, 5.41) is 3.33. The highest BCUT2D eigenvalue weighted by atomic mass is 19.4. The number of alkyl halides is 3. The standard InChI is InChI=1S/C13H15F3N2/c14-13(15,16)10-3-2-9-6-11-8-17-4-1-5-18(11)12(9)7-10/h2-3,7,11,17H,1,4-6,8H2. The van der Waals surface area contributed by atoms with Gasteiger partial charge in [0.1, 0.15) is 0 Å². The average molecular weight is 256 g/mol. The van der Waals surface area contributed by atoms with Crippen LogP contribution in [-0.4, -0.2) is 25.7 Å². The molecule has 3 rings (SSSR count). The van der Waals surface area contributed by atoms with E-state index in [2.05, 4.69) is 10.2 Å². The first-order valence-corrected chi connectivity index (χ1v) is 6.23. The zero-order valence-electron chi connectivity index (χ0n) is 9.93. The molecule has 0 saturated carbocycles. The molecule has 1 aromatic rings. The van der Waals surface area contributed by atoms with Crippen molar-refractivity contribution in [2.45, 2.75) is 25.1 Å². The molecule has 1 saturated heterocycles. The zero-order chi connectivity index (χ0) is 12.8. The number of hydrogen-bond donors (Lipinski definition) is 1. The predicted octanol–water partition coefficient (Wildman–Crippen LogP) is 2.43. The molecule has 1 unspecified atom stereocenters. The van der Waals surface area contributed by atoms with E-state index in [4.69, 9.17) is 0 Å². The summed E-state index contributed by atoms with van der Waals surface area (Å²) in [5.74, 6) is 0. The summed E-state index contributed by atoms with van der Waals surface area (Å²) in [5.41, 5.74) is 1.27. The summed E-state index contributed by atoms with van der Waals surface area (Å²) < 4.78 is 38.2. The number of hydrogen-bond acceptors (Lipinski definition) is 2. The van der Waals surface area contributed by atoms with Gasteiger partial charge < -0.3 is 10.2 Å². The van der Waals surface area contributed by atoms with Crippen molar-refractivity contribution in [2.75, 3.05) is 24.5 Å². The second-order valence-electron chi connectivity index (χ2n) is 4.95. The monoisotopic (exact) mass is 256 g/mol. The van der Waals surface area contributed by atoms with E-state index in [1.807, 2.05) is 0 Å². The lowest BCUT2D eigenvalue weighted by Crippen LogP contribution is -2.36. The van der Waals surface area contributed by atoms with E-state index in [0.29, 0.717) is 6.04 Å². The van der Waals surface area contributed by atoms with Crippen LogP contribution in [0, 0.1) is 0 Å². The van der Waals surface area contributed by atoms with Crippen LogP contribution in [0.2, 0.25) is 0 Å². The van der Waals surface area contributed by atoms with Crippen molar-refractivity contribution in [3.63, 3.8) is 0 Å². The Labute approximate surface area is 104 Å². The molecule has 2 nitrogen and oxygen atoms in total. The minimum absolute atomic E-state index is 0.311. The van der Waals surface area contributed by atoms with Gasteiger partial charge in [0.25, 0.3) is 0 Å². The number of nitrogens with zero attached hydrogens (tertiary/aromatic N) is 1. The van der Waals surface area contributed by atoms with Crippen molar-refractivity contribution in [1.82, 2.24) is 5.32 Å². The van der Waals surface area contributed by atoms with Crippen LogP contribution >= 0.6 is 0 Å². The van der Waals surface area contributed by atoms with Gasteiger partial charge in [-0.1, -0.05) is 6.07 Å². The number of fused-ring (bicyclic) bond motifs is 3. The highest BCUT2D eigenvalue weighted by Gasteiger charge is 2.35. The summed E-state index contributed by atoms with van der Waals surface area (Å²) in [6, 6.07) is 4.44. The topological polar surface area (TPSA) is 15.3 Å². The quantitative estimate of drug-likeness (QED) is 0.767. The highest BCUT2D eigenvalue weighted by molar-refractivity contribution is 5.61. The largest absolute Gasteiger partial charge is 0.416 e. The first-order chi connectivity index (χ1) is 8.55. The molecule has 0 aromatic heterocycles. The maximum atomic E-state index is 12.7. The van der Waals surface area contributed by atoms with Gasteiger partial charge in [0, 0.05) is 24.8 Å². The molecule has 0 spiro atoms. The fourth-order valence-corrected chi connectivity index (χ4v) is 2.87. The first kappa shape index (κ1) is 11.8.